The topological polar surface area (TPSA) is 372 Å². The summed E-state index contributed by atoms with van der Waals surface area (Å²) in [6.45, 7) is 8.67. The Labute approximate surface area is 518 Å². The van der Waals surface area contributed by atoms with Gasteiger partial charge in [0.1, 0.15) is 53.3 Å². The number of hydrogen-bond acceptors (Lipinski definition) is 24. The van der Waals surface area contributed by atoms with Gasteiger partial charge in [0.05, 0.1) is 53.2 Å². The summed E-state index contributed by atoms with van der Waals surface area (Å²) in [7, 11) is 3.14. The molecule has 0 bridgehead atoms. The van der Waals surface area contributed by atoms with Crippen LogP contribution in [0.3, 0.4) is 0 Å². The van der Waals surface area contributed by atoms with Gasteiger partial charge in [-0.15, -0.1) is 0 Å². The minimum absolute atomic E-state index is 0.00219. The molecule has 6 rings (SSSR count). The molecule has 5 aromatic rings. The van der Waals surface area contributed by atoms with Crippen LogP contribution in [0.25, 0.3) is 11.2 Å². The molecule has 4 unspecified atom stereocenters. The van der Waals surface area contributed by atoms with Crippen molar-refractivity contribution in [2.24, 2.45) is 16.0 Å². The van der Waals surface area contributed by atoms with E-state index >= 15 is 0 Å². The van der Waals surface area contributed by atoms with E-state index in [0.29, 0.717) is 35.5 Å². The number of imidazole rings is 1. The van der Waals surface area contributed by atoms with Gasteiger partial charge in [-0.1, -0.05) is 68.4 Å². The second-order valence-electron chi connectivity index (χ2n) is 20.7. The number of aliphatic imine (C=N–C) groups is 1. The second kappa shape index (κ2) is 34.8. The molecule has 1 saturated heterocycles. The summed E-state index contributed by atoms with van der Waals surface area (Å²) < 4.78 is 65.4. The highest BCUT2D eigenvalue weighted by Gasteiger charge is 2.49. The minimum atomic E-state index is -1.45. The number of carbonyl (C=O) groups excluding carboxylic acids is 6. The molecule has 1 aliphatic rings. The fourth-order valence-corrected chi connectivity index (χ4v) is 9.34. The molecule has 6 N–H and O–H groups in total. The average Bonchev–Trinajstić information content (AvgIpc) is 1.27. The molecule has 3 aromatic carbocycles. The van der Waals surface area contributed by atoms with Crippen LogP contribution >= 0.6 is 0 Å². The van der Waals surface area contributed by atoms with Gasteiger partial charge in [0.2, 0.25) is 30.0 Å². The standard InChI is InChI=1S/C61H78N10O19/c1-36(2)56(78)68-60-67-55-52(57(79)69-60)65-35-71(55)58-54(53(77)48(89-58)33-86-61(42-15-11-10-12-16-42,43-18-22-46(80-8)23-19-43)44-20-24-47(81-9)25-21-44)85-32-45(70-62)31-63-26-29-82-30-27-64-49(76)17-13-14-28-83-59(51(66-38(4)72)37(3)87-40(6)74)90-50(88-41(7)75)34-84-39(5)73/h10-12,15-16,18-26,31,35-37,48,50-51,53-54,58-59,62,77H,13-14,17,27-30,32-34H2,1-9H3,(H,64,76)(H,66,72)(H2,67,68,69,78,79)/b45-31-,63-26+,70-62?/t37?,48-,50?,51?,53-,54-,58-,59?/m1/s1. The third kappa shape index (κ3) is 20.1. The highest BCUT2D eigenvalue weighted by molar-refractivity contribution is 5.91. The van der Waals surface area contributed by atoms with Gasteiger partial charge < -0.3 is 67.8 Å². The number of nitrogens with one attached hydrogen (secondary N) is 5. The largest absolute Gasteiger partial charge is 0.497 e. The lowest BCUT2D eigenvalue weighted by Crippen LogP contribution is -2.54. The SMILES string of the molecule is COc1ccc(C(OC[C@H]2O[C@@H](n3cnc4c(=O)[nH]c(NC(=O)C(C)C)nc43)[C@H](OC/C(=C/N=C/COCCNC(=O)CCCCOC(OC(COC(C)=O)OC(C)=O)C(NC(C)=O)C(C)OC(C)=O)N=N)[C@@H]2O)(c2ccccc2)c2ccc(OC)cc2)cc1. The molecule has 3 heterocycles. The number of ether oxygens (including phenoxy) is 11. The normalized spacial score (nSPS) is 17.3. The maximum atomic E-state index is 13.4. The van der Waals surface area contributed by atoms with Crippen LogP contribution in [-0.4, -0.2) is 170 Å². The smallest absolute Gasteiger partial charge is 0.305 e. The van der Waals surface area contributed by atoms with Gasteiger partial charge in [-0.25, -0.2) is 10.5 Å². The molecule has 8 atom stereocenters. The maximum Gasteiger partial charge on any atom is 0.305 e. The number of hydrogen-bond donors (Lipinski definition) is 6. The van der Waals surface area contributed by atoms with E-state index in [1.807, 2.05) is 78.9 Å². The number of anilines is 1. The number of nitrogens with zero attached hydrogens (tertiary/aromatic N) is 5. The molecule has 29 nitrogen and oxygen atoms in total. The summed E-state index contributed by atoms with van der Waals surface area (Å²) in [5, 5.41) is 23.9. The van der Waals surface area contributed by atoms with Crippen molar-refractivity contribution < 1.29 is 86.0 Å². The van der Waals surface area contributed by atoms with E-state index in [1.54, 1.807) is 28.1 Å². The Morgan fingerprint density at radius 2 is 1.52 bits per heavy atom. The molecule has 0 spiro atoms. The summed E-state index contributed by atoms with van der Waals surface area (Å²) in [6.07, 6.45) is -4.10. The van der Waals surface area contributed by atoms with E-state index in [-0.39, 0.29) is 74.7 Å². The van der Waals surface area contributed by atoms with E-state index < -0.39 is 103 Å². The van der Waals surface area contributed by atoms with Gasteiger partial charge in [-0.2, -0.15) is 10.1 Å². The first-order chi connectivity index (χ1) is 43.2. The zero-order valence-electron chi connectivity index (χ0n) is 51.5. The minimum Gasteiger partial charge on any atom is -0.497 e. The van der Waals surface area contributed by atoms with Crippen molar-refractivity contribution in [2.45, 2.75) is 123 Å². The maximum absolute atomic E-state index is 13.4. The summed E-state index contributed by atoms with van der Waals surface area (Å²) in [5.74, 6) is -2.65. The number of fused-ring (bicyclic) bond motifs is 1. The van der Waals surface area contributed by atoms with Crippen LogP contribution in [-0.2, 0) is 77.0 Å². The van der Waals surface area contributed by atoms with Crippen LogP contribution < -0.4 is 31.0 Å². The number of carbonyl (C=O) groups is 6. The van der Waals surface area contributed by atoms with Gasteiger partial charge >= 0.3 is 17.9 Å². The average molecular weight is 1260 g/mol. The number of amides is 3. The van der Waals surface area contributed by atoms with E-state index in [2.05, 4.69) is 41.0 Å². The van der Waals surface area contributed by atoms with Gasteiger partial charge in [0.25, 0.3) is 5.56 Å². The summed E-state index contributed by atoms with van der Waals surface area (Å²) in [4.78, 5) is 102. The van der Waals surface area contributed by atoms with Crippen molar-refractivity contribution in [3.63, 3.8) is 0 Å². The van der Waals surface area contributed by atoms with Crippen LogP contribution in [0.2, 0.25) is 0 Å². The Hall–Kier alpha value is -8.84. The van der Waals surface area contributed by atoms with Crippen molar-refractivity contribution >= 4 is 59.0 Å². The Bertz CT molecular complexity index is 3260. The van der Waals surface area contributed by atoms with Gasteiger partial charge in [-0.3, -0.25) is 53.4 Å². The van der Waals surface area contributed by atoms with Crippen LogP contribution in [0.1, 0.15) is 90.6 Å². The quantitative estimate of drug-likeness (QED) is 0.00591. The zero-order chi connectivity index (χ0) is 65.3. The number of aliphatic hydroxyl groups is 1. The molecule has 1 aliphatic heterocycles. The highest BCUT2D eigenvalue weighted by atomic mass is 16.8. The number of unbranched alkanes of at least 4 members (excludes halogenated alkanes) is 1. The number of benzene rings is 3. The number of methoxy groups -OCH3 is 2. The molecular formula is C61H78N10O19. The lowest BCUT2D eigenvalue weighted by molar-refractivity contribution is -0.264. The molecule has 3 amide bonds. The Morgan fingerprint density at radius 3 is 2.12 bits per heavy atom. The number of esters is 3. The first kappa shape index (κ1) is 70.2. The first-order valence-electron chi connectivity index (χ1n) is 28.8. The Morgan fingerprint density at radius 1 is 0.867 bits per heavy atom. The molecule has 0 saturated carbocycles. The number of H-pyrrole nitrogens is 1. The molecule has 2 aromatic heterocycles. The molecule has 486 valence electrons. The van der Waals surface area contributed by atoms with E-state index in [1.165, 1.54) is 44.1 Å². The van der Waals surface area contributed by atoms with Crippen LogP contribution in [0.5, 0.6) is 11.5 Å². The zero-order valence-corrected chi connectivity index (χ0v) is 51.5. The second-order valence-corrected chi connectivity index (χ2v) is 20.7. The van der Waals surface area contributed by atoms with Gasteiger partial charge in [0.15, 0.2) is 30.3 Å². The van der Waals surface area contributed by atoms with E-state index in [4.69, 9.17) is 57.6 Å². The molecule has 29 heteroatoms. The predicted molar refractivity (Wildman–Crippen MR) is 321 cm³/mol. The van der Waals surface area contributed by atoms with Crippen molar-refractivity contribution in [3.8, 4) is 11.5 Å². The monoisotopic (exact) mass is 1250 g/mol. The number of rotatable bonds is 36. The molecule has 1 fully saturated rings. The van der Waals surface area contributed by atoms with Crippen molar-refractivity contribution in [2.75, 3.05) is 65.7 Å². The fourth-order valence-electron chi connectivity index (χ4n) is 9.34. The summed E-state index contributed by atoms with van der Waals surface area (Å²) >= 11 is 0. The predicted octanol–water partition coefficient (Wildman–Crippen LogP) is 4.90. The number of aromatic amines is 1. The molecule has 0 aliphatic carbocycles. The third-order valence-corrected chi connectivity index (χ3v) is 13.7. The van der Waals surface area contributed by atoms with Crippen molar-refractivity contribution in [1.82, 2.24) is 30.2 Å². The first-order valence-corrected chi connectivity index (χ1v) is 28.8. The molecule has 90 heavy (non-hydrogen) atoms. The van der Waals surface area contributed by atoms with Crippen LogP contribution in [0, 0.1) is 11.4 Å². The Balaban J connectivity index is 1.09. The lowest BCUT2D eigenvalue weighted by atomic mass is 9.80. The summed E-state index contributed by atoms with van der Waals surface area (Å²) in [6, 6.07) is 23.2. The van der Waals surface area contributed by atoms with E-state index in [0.717, 1.165) is 19.4 Å². The fraction of sp³-hybridized carbons (Fsp3) is 0.475. The van der Waals surface area contributed by atoms with Crippen molar-refractivity contribution in [1.29, 1.82) is 5.53 Å². The van der Waals surface area contributed by atoms with Gasteiger partial charge in [0, 0.05) is 59.4 Å². The van der Waals surface area contributed by atoms with Crippen LogP contribution in [0.15, 0.2) is 112 Å². The number of aliphatic hydroxyl groups excluding tert-OH is 1. The number of aromatic nitrogens is 4. The molecule has 0 radical (unpaired) electrons. The van der Waals surface area contributed by atoms with Crippen molar-refractivity contribution in [3.05, 3.63) is 124 Å². The Kier molecular flexibility index (Phi) is 27.2. The van der Waals surface area contributed by atoms with Gasteiger partial charge in [-0.05, 0) is 60.7 Å². The van der Waals surface area contributed by atoms with Crippen LogP contribution in [0.4, 0.5) is 5.95 Å². The van der Waals surface area contributed by atoms with E-state index in [9.17, 15) is 38.7 Å². The third-order valence-electron chi connectivity index (χ3n) is 13.7. The lowest BCUT2D eigenvalue weighted by Gasteiger charge is -2.37. The summed E-state index contributed by atoms with van der Waals surface area (Å²) in [5.41, 5.74) is 8.12. The molecular weight excluding hydrogens is 1180 g/mol. The highest BCUT2D eigenvalue weighted by Crippen LogP contribution is 2.43.